The third-order valence-electron chi connectivity index (χ3n) is 2.60. The van der Waals surface area contributed by atoms with Crippen LogP contribution in [0.1, 0.15) is 5.56 Å². The molecule has 0 aliphatic carbocycles. The summed E-state index contributed by atoms with van der Waals surface area (Å²) < 4.78 is 5.10. The van der Waals surface area contributed by atoms with Crippen LogP contribution in [0.25, 0.3) is 0 Å². The fourth-order valence-electron chi connectivity index (χ4n) is 1.72. The zero-order valence-electron chi connectivity index (χ0n) is 9.35. The van der Waals surface area contributed by atoms with Crippen molar-refractivity contribution in [3.05, 3.63) is 35.9 Å². The summed E-state index contributed by atoms with van der Waals surface area (Å²) in [6, 6.07) is 9.91. The molecule has 1 aromatic carbocycles. The number of nitrogens with one attached hydrogen (secondary N) is 1. The number of ether oxygens (including phenoxy) is 1. The number of likely N-dealkylation sites (tertiary alicyclic amines) is 1. The van der Waals surface area contributed by atoms with Gasteiger partial charge >= 0.3 is 6.09 Å². The summed E-state index contributed by atoms with van der Waals surface area (Å²) in [6.07, 6.45) is -0.332. The van der Waals surface area contributed by atoms with Crippen LogP contribution in [0.2, 0.25) is 0 Å². The number of amides is 1. The van der Waals surface area contributed by atoms with Crippen molar-refractivity contribution in [1.29, 1.82) is 0 Å². The molecule has 1 aromatic rings. The number of hydrogen-bond acceptors (Lipinski definition) is 3. The first kappa shape index (κ1) is 11.0. The summed E-state index contributed by atoms with van der Waals surface area (Å²) in [6.45, 7) is 2.14. The van der Waals surface area contributed by atoms with Crippen LogP contribution in [0.15, 0.2) is 30.3 Å². The molecule has 1 heterocycles. The van der Waals surface area contributed by atoms with Crippen LogP contribution < -0.4 is 5.32 Å². The van der Waals surface area contributed by atoms with Gasteiger partial charge in [-0.05, 0) is 12.6 Å². The summed E-state index contributed by atoms with van der Waals surface area (Å²) in [4.78, 5) is 13.5. The number of likely N-dealkylation sites (N-methyl/N-ethyl adjacent to an activating group) is 1. The molecule has 1 fully saturated rings. The smallest absolute Gasteiger partial charge is 0.407 e. The van der Waals surface area contributed by atoms with Crippen molar-refractivity contribution in [2.45, 2.75) is 12.6 Å². The number of nitrogens with zero attached hydrogens (tertiary/aromatic N) is 1. The maximum Gasteiger partial charge on any atom is 0.407 e. The standard InChI is InChI=1S/C12H16N2O2/c1-14-7-11(8-14)13-12(15)16-9-10-5-3-2-4-6-10/h2-6,11H,7-9H2,1H3,(H,13,15). The lowest BCUT2D eigenvalue weighted by Crippen LogP contribution is -2.57. The van der Waals surface area contributed by atoms with Gasteiger partial charge in [0.25, 0.3) is 0 Å². The van der Waals surface area contributed by atoms with Gasteiger partial charge in [-0.3, -0.25) is 0 Å². The summed E-state index contributed by atoms with van der Waals surface area (Å²) in [5.74, 6) is 0. The van der Waals surface area contributed by atoms with Gasteiger partial charge in [-0.1, -0.05) is 30.3 Å². The Morgan fingerprint density at radius 2 is 2.12 bits per heavy atom. The lowest BCUT2D eigenvalue weighted by Gasteiger charge is -2.36. The molecule has 0 saturated carbocycles. The minimum atomic E-state index is -0.332. The predicted molar refractivity (Wildman–Crippen MR) is 61.0 cm³/mol. The zero-order valence-corrected chi connectivity index (χ0v) is 9.35. The molecular formula is C12H16N2O2. The van der Waals surface area contributed by atoms with Gasteiger partial charge < -0.3 is 15.0 Å². The summed E-state index contributed by atoms with van der Waals surface area (Å²) >= 11 is 0. The number of carbonyl (C=O) groups excluding carboxylic acids is 1. The Morgan fingerprint density at radius 3 is 2.75 bits per heavy atom. The molecule has 1 saturated heterocycles. The molecule has 0 bridgehead atoms. The van der Waals surface area contributed by atoms with E-state index in [-0.39, 0.29) is 12.1 Å². The van der Waals surface area contributed by atoms with Crippen LogP contribution in [-0.2, 0) is 11.3 Å². The maximum absolute atomic E-state index is 11.4. The van der Waals surface area contributed by atoms with E-state index in [9.17, 15) is 4.79 Å². The summed E-state index contributed by atoms with van der Waals surface area (Å²) in [5, 5.41) is 2.81. The minimum Gasteiger partial charge on any atom is -0.445 e. The van der Waals surface area contributed by atoms with Crippen LogP contribution >= 0.6 is 0 Å². The second-order valence-corrected chi connectivity index (χ2v) is 4.12. The number of hydrogen-bond donors (Lipinski definition) is 1. The highest BCUT2D eigenvalue weighted by atomic mass is 16.5. The van der Waals surface area contributed by atoms with E-state index in [2.05, 4.69) is 10.2 Å². The number of alkyl carbamates (subject to hydrolysis) is 1. The molecular weight excluding hydrogens is 204 g/mol. The summed E-state index contributed by atoms with van der Waals surface area (Å²) in [5.41, 5.74) is 1.00. The Morgan fingerprint density at radius 1 is 1.44 bits per heavy atom. The van der Waals surface area contributed by atoms with Gasteiger partial charge in [-0.15, -0.1) is 0 Å². The quantitative estimate of drug-likeness (QED) is 0.833. The van der Waals surface area contributed by atoms with Gasteiger partial charge in [0.2, 0.25) is 0 Å². The zero-order chi connectivity index (χ0) is 11.4. The normalized spacial score (nSPS) is 16.6. The van der Waals surface area contributed by atoms with Crippen LogP contribution in [0.3, 0.4) is 0 Å². The molecule has 2 rings (SSSR count). The summed E-state index contributed by atoms with van der Waals surface area (Å²) in [7, 11) is 2.02. The second kappa shape index (κ2) is 4.99. The van der Waals surface area contributed by atoms with Crippen molar-refractivity contribution in [1.82, 2.24) is 10.2 Å². The predicted octanol–water partition coefficient (Wildman–Crippen LogP) is 1.23. The van der Waals surface area contributed by atoms with Crippen LogP contribution in [0, 0.1) is 0 Å². The molecule has 4 nitrogen and oxygen atoms in total. The van der Waals surface area contributed by atoms with Crippen molar-refractivity contribution in [3.63, 3.8) is 0 Å². The van der Waals surface area contributed by atoms with Crippen molar-refractivity contribution in [2.75, 3.05) is 20.1 Å². The monoisotopic (exact) mass is 220 g/mol. The fourth-order valence-corrected chi connectivity index (χ4v) is 1.72. The van der Waals surface area contributed by atoms with Crippen molar-refractivity contribution >= 4 is 6.09 Å². The molecule has 1 aliphatic heterocycles. The molecule has 86 valence electrons. The highest BCUT2D eigenvalue weighted by molar-refractivity contribution is 5.67. The van der Waals surface area contributed by atoms with Gasteiger partial charge in [0, 0.05) is 13.1 Å². The molecule has 16 heavy (non-hydrogen) atoms. The van der Waals surface area contributed by atoms with E-state index in [0.717, 1.165) is 18.7 Å². The van der Waals surface area contributed by atoms with Gasteiger partial charge in [-0.25, -0.2) is 4.79 Å². The van der Waals surface area contributed by atoms with Gasteiger partial charge in [0.05, 0.1) is 6.04 Å². The minimum absolute atomic E-state index is 0.244. The Balaban J connectivity index is 1.68. The molecule has 1 aliphatic rings. The molecule has 1 N–H and O–H groups in total. The van der Waals surface area contributed by atoms with E-state index in [1.807, 2.05) is 37.4 Å². The molecule has 0 atom stereocenters. The van der Waals surface area contributed by atoms with E-state index in [0.29, 0.717) is 6.61 Å². The first-order valence-electron chi connectivity index (χ1n) is 5.40. The number of rotatable bonds is 3. The Hall–Kier alpha value is -1.55. The SMILES string of the molecule is CN1CC(NC(=O)OCc2ccccc2)C1. The Labute approximate surface area is 95.2 Å². The van der Waals surface area contributed by atoms with Crippen LogP contribution in [0.4, 0.5) is 4.79 Å². The van der Waals surface area contributed by atoms with Crippen LogP contribution in [-0.4, -0.2) is 37.2 Å². The van der Waals surface area contributed by atoms with Gasteiger partial charge in [-0.2, -0.15) is 0 Å². The Bertz CT molecular complexity index is 347. The van der Waals surface area contributed by atoms with Gasteiger partial charge in [0.15, 0.2) is 0 Å². The van der Waals surface area contributed by atoms with E-state index < -0.39 is 0 Å². The first-order valence-corrected chi connectivity index (χ1v) is 5.40. The molecule has 0 unspecified atom stereocenters. The average molecular weight is 220 g/mol. The second-order valence-electron chi connectivity index (χ2n) is 4.12. The molecule has 1 amide bonds. The number of benzene rings is 1. The molecule has 0 aromatic heterocycles. The largest absolute Gasteiger partial charge is 0.445 e. The lowest BCUT2D eigenvalue weighted by atomic mass is 10.1. The third kappa shape index (κ3) is 2.97. The van der Waals surface area contributed by atoms with Crippen molar-refractivity contribution in [3.8, 4) is 0 Å². The van der Waals surface area contributed by atoms with Crippen LogP contribution in [0.5, 0.6) is 0 Å². The average Bonchev–Trinajstić information content (AvgIpc) is 2.26. The first-order chi connectivity index (χ1) is 7.74. The lowest BCUT2D eigenvalue weighted by molar-refractivity contribution is 0.111. The topological polar surface area (TPSA) is 41.6 Å². The molecule has 0 spiro atoms. The van der Waals surface area contributed by atoms with Crippen molar-refractivity contribution < 1.29 is 9.53 Å². The number of carbonyl (C=O) groups is 1. The van der Waals surface area contributed by atoms with Gasteiger partial charge in [0.1, 0.15) is 6.61 Å². The highest BCUT2D eigenvalue weighted by Gasteiger charge is 2.24. The molecule has 0 radical (unpaired) electrons. The van der Waals surface area contributed by atoms with E-state index >= 15 is 0 Å². The van der Waals surface area contributed by atoms with E-state index in [4.69, 9.17) is 4.74 Å². The van der Waals surface area contributed by atoms with E-state index in [1.165, 1.54) is 0 Å². The maximum atomic E-state index is 11.4. The third-order valence-corrected chi connectivity index (χ3v) is 2.60. The molecule has 4 heteroatoms. The highest BCUT2D eigenvalue weighted by Crippen LogP contribution is 2.05. The fraction of sp³-hybridized carbons (Fsp3) is 0.417. The van der Waals surface area contributed by atoms with E-state index in [1.54, 1.807) is 0 Å². The Kier molecular flexibility index (Phi) is 3.41. The van der Waals surface area contributed by atoms with Crippen molar-refractivity contribution in [2.24, 2.45) is 0 Å².